The second-order valence-corrected chi connectivity index (χ2v) is 8.03. The Kier molecular flexibility index (Phi) is 10.4. The van der Waals surface area contributed by atoms with Gasteiger partial charge in [-0.05, 0) is 23.8 Å². The number of aliphatic carboxylic acids is 1. The summed E-state index contributed by atoms with van der Waals surface area (Å²) in [6, 6.07) is 8.63. The summed E-state index contributed by atoms with van der Waals surface area (Å²) < 4.78 is 0. The highest BCUT2D eigenvalue weighted by molar-refractivity contribution is 5.88. The quantitative estimate of drug-likeness (QED) is 0.180. The highest BCUT2D eigenvalue weighted by atomic mass is 16.4. The Hall–Kier alpha value is -3.10. The average Bonchev–Trinajstić information content (AvgIpc) is 2.62. The molecule has 0 spiro atoms. The maximum absolute atomic E-state index is 12.7. The Morgan fingerprint density at radius 2 is 1.77 bits per heavy atom. The van der Waals surface area contributed by atoms with Crippen molar-refractivity contribution in [3.8, 4) is 0 Å². The number of carboxylic acids is 1. The Morgan fingerprint density at radius 1 is 1.10 bits per heavy atom. The first kappa shape index (κ1) is 24.9. The third-order valence-corrected chi connectivity index (χ3v) is 4.38. The van der Waals surface area contributed by atoms with Crippen molar-refractivity contribution in [3.63, 3.8) is 0 Å². The van der Waals surface area contributed by atoms with Crippen LogP contribution >= 0.6 is 0 Å². The van der Waals surface area contributed by atoms with Crippen molar-refractivity contribution in [2.75, 3.05) is 13.1 Å². The van der Waals surface area contributed by atoms with Crippen molar-refractivity contribution in [2.24, 2.45) is 21.9 Å². The number of guanidine groups is 1. The van der Waals surface area contributed by atoms with E-state index < -0.39 is 17.4 Å². The van der Waals surface area contributed by atoms with E-state index in [4.69, 9.17) is 16.6 Å². The average molecular weight is 420 g/mol. The molecule has 9 heteroatoms. The Bertz CT molecular complexity index is 730. The second-order valence-electron chi connectivity index (χ2n) is 8.03. The number of carbonyl (C=O) groups excluding carboxylic acids is 2. The predicted molar refractivity (Wildman–Crippen MR) is 116 cm³/mol. The molecule has 7 N–H and O–H groups in total. The molecule has 1 rings (SSSR count). The molecule has 0 fully saturated rings. The van der Waals surface area contributed by atoms with Gasteiger partial charge in [0.2, 0.25) is 11.8 Å². The van der Waals surface area contributed by atoms with Gasteiger partial charge in [-0.25, -0.2) is 0 Å². The minimum absolute atomic E-state index is 0.0103. The maximum atomic E-state index is 12.7. The molecular weight excluding hydrogens is 386 g/mol. The van der Waals surface area contributed by atoms with E-state index in [1.54, 1.807) is 13.8 Å². The lowest BCUT2D eigenvalue weighted by Gasteiger charge is -2.24. The van der Waals surface area contributed by atoms with Crippen LogP contribution in [0.25, 0.3) is 0 Å². The summed E-state index contributed by atoms with van der Waals surface area (Å²) >= 11 is 0. The lowest BCUT2D eigenvalue weighted by Crippen LogP contribution is -2.49. The first-order valence-electron chi connectivity index (χ1n) is 9.97. The van der Waals surface area contributed by atoms with Gasteiger partial charge in [0.15, 0.2) is 5.96 Å². The molecule has 1 unspecified atom stereocenters. The van der Waals surface area contributed by atoms with Gasteiger partial charge in [0.25, 0.3) is 0 Å². The van der Waals surface area contributed by atoms with Crippen LogP contribution in [0.15, 0.2) is 35.3 Å². The highest BCUT2D eigenvalue weighted by Crippen LogP contribution is 2.24. The van der Waals surface area contributed by atoms with E-state index in [0.29, 0.717) is 25.9 Å². The molecule has 0 radical (unpaired) electrons. The van der Waals surface area contributed by atoms with Crippen LogP contribution in [-0.4, -0.2) is 48.0 Å². The van der Waals surface area contributed by atoms with Crippen LogP contribution in [0.3, 0.4) is 0 Å². The van der Waals surface area contributed by atoms with Crippen molar-refractivity contribution in [2.45, 2.75) is 52.0 Å². The van der Waals surface area contributed by atoms with Crippen molar-refractivity contribution in [3.05, 3.63) is 35.9 Å². The molecule has 30 heavy (non-hydrogen) atoms. The van der Waals surface area contributed by atoms with Crippen molar-refractivity contribution >= 4 is 23.7 Å². The normalized spacial score (nSPS) is 11.9. The number of rotatable bonds is 13. The standard InChI is InChI=1S/C21H33N5O4/c1-21(2,14-18(28)29)13-17(27)26-16(12-15-8-4-3-5-9-15)19(30)24-10-6-7-11-25-20(22)23/h3-5,8-9,16H,6-7,10-14H2,1-2H3,(H,24,30)(H,26,27)(H,28,29)(H4,22,23,25). The second kappa shape index (κ2) is 12.5. The molecule has 9 nitrogen and oxygen atoms in total. The van der Waals surface area contributed by atoms with E-state index in [2.05, 4.69) is 15.6 Å². The first-order valence-corrected chi connectivity index (χ1v) is 9.97. The zero-order chi connectivity index (χ0) is 22.6. The van der Waals surface area contributed by atoms with Crippen molar-refractivity contribution in [1.29, 1.82) is 0 Å². The minimum atomic E-state index is -0.966. The molecule has 0 saturated heterocycles. The number of nitrogens with two attached hydrogens (primary N) is 2. The molecule has 0 aromatic heterocycles. The fourth-order valence-electron chi connectivity index (χ4n) is 2.99. The molecule has 0 bridgehead atoms. The van der Waals surface area contributed by atoms with E-state index in [9.17, 15) is 14.4 Å². The van der Waals surface area contributed by atoms with Crippen LogP contribution in [0.1, 0.15) is 45.1 Å². The van der Waals surface area contributed by atoms with E-state index in [0.717, 1.165) is 12.0 Å². The van der Waals surface area contributed by atoms with Crippen LogP contribution < -0.4 is 22.1 Å². The molecule has 1 atom stereocenters. The topological polar surface area (TPSA) is 160 Å². The largest absolute Gasteiger partial charge is 0.481 e. The Morgan fingerprint density at radius 3 is 2.37 bits per heavy atom. The number of aliphatic imine (C=N–C) groups is 1. The van der Waals surface area contributed by atoms with Gasteiger partial charge in [-0.15, -0.1) is 0 Å². The predicted octanol–water partition coefficient (Wildman–Crippen LogP) is 0.775. The number of unbranched alkanes of at least 4 members (excludes halogenated alkanes) is 1. The number of benzene rings is 1. The molecule has 0 saturated carbocycles. The molecule has 0 aliphatic heterocycles. The maximum Gasteiger partial charge on any atom is 0.303 e. The van der Waals surface area contributed by atoms with E-state index in [1.165, 1.54) is 0 Å². The Balaban J connectivity index is 2.67. The van der Waals surface area contributed by atoms with Gasteiger partial charge in [0.1, 0.15) is 6.04 Å². The van der Waals surface area contributed by atoms with Gasteiger partial charge in [-0.2, -0.15) is 0 Å². The third-order valence-electron chi connectivity index (χ3n) is 4.38. The monoisotopic (exact) mass is 419 g/mol. The number of hydrogen-bond donors (Lipinski definition) is 5. The zero-order valence-electron chi connectivity index (χ0n) is 17.7. The van der Waals surface area contributed by atoms with Crippen LogP contribution in [0, 0.1) is 5.41 Å². The van der Waals surface area contributed by atoms with Gasteiger partial charge in [-0.3, -0.25) is 19.4 Å². The van der Waals surface area contributed by atoms with Gasteiger partial charge < -0.3 is 27.2 Å². The number of hydrogen-bond acceptors (Lipinski definition) is 4. The number of carboxylic acid groups (broad SMARTS) is 1. The summed E-state index contributed by atoms with van der Waals surface area (Å²) in [4.78, 5) is 40.0. The minimum Gasteiger partial charge on any atom is -0.481 e. The zero-order valence-corrected chi connectivity index (χ0v) is 17.7. The lowest BCUT2D eigenvalue weighted by atomic mass is 9.85. The first-order chi connectivity index (χ1) is 14.1. The molecular formula is C21H33N5O4. The molecule has 1 aromatic rings. The van der Waals surface area contributed by atoms with Gasteiger partial charge in [0.05, 0.1) is 6.42 Å². The third kappa shape index (κ3) is 11.0. The summed E-state index contributed by atoms with van der Waals surface area (Å²) in [6.45, 7) is 4.35. The van der Waals surface area contributed by atoms with E-state index >= 15 is 0 Å². The number of amides is 2. The van der Waals surface area contributed by atoms with Crippen LogP contribution in [0.2, 0.25) is 0 Å². The molecule has 1 aromatic carbocycles. The van der Waals surface area contributed by atoms with Gasteiger partial charge in [0, 0.05) is 25.9 Å². The van der Waals surface area contributed by atoms with Crippen LogP contribution in [-0.2, 0) is 20.8 Å². The fourth-order valence-corrected chi connectivity index (χ4v) is 2.99. The summed E-state index contributed by atoms with van der Waals surface area (Å²) in [6.07, 6.45) is 1.63. The summed E-state index contributed by atoms with van der Waals surface area (Å²) in [5.41, 5.74) is 10.7. The molecule has 0 aliphatic carbocycles. The van der Waals surface area contributed by atoms with E-state index in [1.807, 2.05) is 30.3 Å². The summed E-state index contributed by atoms with van der Waals surface area (Å²) in [5.74, 6) is -1.57. The lowest BCUT2D eigenvalue weighted by molar-refractivity contribution is -0.140. The highest BCUT2D eigenvalue weighted by Gasteiger charge is 2.28. The molecule has 166 valence electrons. The van der Waals surface area contributed by atoms with Gasteiger partial charge >= 0.3 is 5.97 Å². The van der Waals surface area contributed by atoms with Crippen molar-refractivity contribution in [1.82, 2.24) is 10.6 Å². The molecule has 0 aliphatic rings. The number of carbonyl (C=O) groups is 3. The molecule has 0 heterocycles. The number of nitrogens with one attached hydrogen (secondary N) is 2. The molecule has 2 amide bonds. The SMILES string of the molecule is CC(C)(CC(=O)O)CC(=O)NC(Cc1ccccc1)C(=O)NCCCCN=C(N)N. The van der Waals surface area contributed by atoms with E-state index in [-0.39, 0.29) is 30.6 Å². The summed E-state index contributed by atoms with van der Waals surface area (Å²) in [7, 11) is 0. The smallest absolute Gasteiger partial charge is 0.303 e. The Labute approximate surface area is 177 Å². The van der Waals surface area contributed by atoms with Crippen molar-refractivity contribution < 1.29 is 19.5 Å². The summed E-state index contributed by atoms with van der Waals surface area (Å²) in [5, 5.41) is 14.6. The van der Waals surface area contributed by atoms with Gasteiger partial charge in [-0.1, -0.05) is 44.2 Å². The van der Waals surface area contributed by atoms with Crippen LogP contribution in [0.4, 0.5) is 0 Å². The number of nitrogens with zero attached hydrogens (tertiary/aromatic N) is 1. The van der Waals surface area contributed by atoms with Crippen LogP contribution in [0.5, 0.6) is 0 Å². The fraction of sp³-hybridized carbons (Fsp3) is 0.524.